The van der Waals surface area contributed by atoms with Crippen molar-refractivity contribution in [2.45, 2.75) is 40.2 Å². The highest BCUT2D eigenvalue weighted by Crippen LogP contribution is 2.16. The summed E-state index contributed by atoms with van der Waals surface area (Å²) >= 11 is 0. The number of carbonyl (C=O) groups excluding carboxylic acids is 1. The van der Waals surface area contributed by atoms with E-state index in [0.29, 0.717) is 12.8 Å². The number of carbonyl (C=O) groups is 1. The van der Waals surface area contributed by atoms with E-state index in [4.69, 9.17) is 4.52 Å². The van der Waals surface area contributed by atoms with E-state index < -0.39 is 0 Å². The summed E-state index contributed by atoms with van der Waals surface area (Å²) in [4.78, 5) is 16.9. The van der Waals surface area contributed by atoms with Crippen LogP contribution >= 0.6 is 0 Å². The highest BCUT2D eigenvalue weighted by Gasteiger charge is 2.22. The van der Waals surface area contributed by atoms with Gasteiger partial charge >= 0.3 is 0 Å². The third-order valence-electron chi connectivity index (χ3n) is 5.15. The van der Waals surface area contributed by atoms with Crippen LogP contribution < -0.4 is 0 Å². The minimum atomic E-state index is 0.232. The van der Waals surface area contributed by atoms with Gasteiger partial charge in [0.1, 0.15) is 5.76 Å². The van der Waals surface area contributed by atoms with Gasteiger partial charge in [-0.25, -0.2) is 0 Å². The first-order valence-corrected chi connectivity index (χ1v) is 9.01. The molecular weight excluding hydrogens is 314 g/mol. The highest BCUT2D eigenvalue weighted by molar-refractivity contribution is 5.76. The van der Waals surface area contributed by atoms with Crippen LogP contribution in [0.15, 0.2) is 28.8 Å². The summed E-state index contributed by atoms with van der Waals surface area (Å²) in [5, 5.41) is 3.96. The van der Waals surface area contributed by atoms with Crippen molar-refractivity contribution < 1.29 is 9.32 Å². The molecule has 2 heterocycles. The Morgan fingerprint density at radius 1 is 1.12 bits per heavy atom. The summed E-state index contributed by atoms with van der Waals surface area (Å²) in [5.41, 5.74) is 4.68. The summed E-state index contributed by atoms with van der Waals surface area (Å²) in [7, 11) is 0. The maximum Gasteiger partial charge on any atom is 0.222 e. The van der Waals surface area contributed by atoms with Crippen LogP contribution in [-0.2, 0) is 17.8 Å². The lowest BCUT2D eigenvalue weighted by molar-refractivity contribution is -0.133. The second kappa shape index (κ2) is 7.83. The minimum absolute atomic E-state index is 0.232. The van der Waals surface area contributed by atoms with Gasteiger partial charge in [-0.1, -0.05) is 29.4 Å². The molecule has 1 aromatic heterocycles. The van der Waals surface area contributed by atoms with Gasteiger partial charge in [-0.2, -0.15) is 0 Å². The van der Waals surface area contributed by atoms with E-state index in [9.17, 15) is 4.79 Å². The molecule has 1 saturated heterocycles. The van der Waals surface area contributed by atoms with Crippen LogP contribution in [0.2, 0.25) is 0 Å². The lowest BCUT2D eigenvalue weighted by Gasteiger charge is -2.35. The molecule has 0 saturated carbocycles. The molecule has 0 bridgehead atoms. The molecule has 2 aromatic rings. The van der Waals surface area contributed by atoms with Gasteiger partial charge < -0.3 is 9.42 Å². The summed E-state index contributed by atoms with van der Waals surface area (Å²) in [6, 6.07) is 8.52. The molecule has 0 spiro atoms. The van der Waals surface area contributed by atoms with Crippen molar-refractivity contribution in [3.8, 4) is 0 Å². The molecule has 0 unspecified atom stereocenters. The topological polar surface area (TPSA) is 49.6 Å². The van der Waals surface area contributed by atoms with Crippen LogP contribution in [0.25, 0.3) is 0 Å². The van der Waals surface area contributed by atoms with Crippen LogP contribution in [-0.4, -0.2) is 47.0 Å². The number of rotatable bonds is 5. The molecule has 1 aromatic carbocycles. The third-order valence-corrected chi connectivity index (χ3v) is 5.15. The van der Waals surface area contributed by atoms with E-state index in [1.54, 1.807) is 0 Å². The number of piperazine rings is 1. The Balaban J connectivity index is 1.47. The Labute approximate surface area is 149 Å². The maximum atomic E-state index is 12.5. The van der Waals surface area contributed by atoms with Crippen LogP contribution in [0.1, 0.15) is 34.6 Å². The van der Waals surface area contributed by atoms with Crippen LogP contribution in [0.3, 0.4) is 0 Å². The molecule has 1 aliphatic rings. The van der Waals surface area contributed by atoms with Crippen molar-refractivity contribution in [2.24, 2.45) is 0 Å². The summed E-state index contributed by atoms with van der Waals surface area (Å²) in [6.45, 7) is 10.5. The predicted molar refractivity (Wildman–Crippen MR) is 97.3 cm³/mol. The quantitative estimate of drug-likeness (QED) is 0.839. The van der Waals surface area contributed by atoms with E-state index in [1.165, 1.54) is 11.1 Å². The van der Waals surface area contributed by atoms with E-state index in [-0.39, 0.29) is 5.91 Å². The Hall–Kier alpha value is -2.14. The number of hydrogen-bond donors (Lipinski definition) is 0. The van der Waals surface area contributed by atoms with E-state index in [1.807, 2.05) is 18.7 Å². The standard InChI is InChI=1S/C20H27N3O2/c1-15-6-4-5-7-18(15)14-22-10-12-23(13-11-22)20(24)9-8-19-16(2)21-25-17(19)3/h4-7H,8-14H2,1-3H3. The SMILES string of the molecule is Cc1ccccc1CN1CCN(C(=O)CCc2c(C)noc2C)CC1. The smallest absolute Gasteiger partial charge is 0.222 e. The Morgan fingerprint density at radius 3 is 2.48 bits per heavy atom. The van der Waals surface area contributed by atoms with Crippen molar-refractivity contribution in [1.29, 1.82) is 0 Å². The second-order valence-corrected chi connectivity index (χ2v) is 6.89. The van der Waals surface area contributed by atoms with Crippen molar-refractivity contribution in [2.75, 3.05) is 26.2 Å². The van der Waals surface area contributed by atoms with Gasteiger partial charge in [-0.3, -0.25) is 9.69 Å². The summed E-state index contributed by atoms with van der Waals surface area (Å²) < 4.78 is 5.17. The molecular formula is C20H27N3O2. The van der Waals surface area contributed by atoms with Crippen molar-refractivity contribution >= 4 is 5.91 Å². The van der Waals surface area contributed by atoms with Gasteiger partial charge in [0, 0.05) is 44.7 Å². The van der Waals surface area contributed by atoms with E-state index in [2.05, 4.69) is 41.2 Å². The zero-order chi connectivity index (χ0) is 17.8. The number of amides is 1. The van der Waals surface area contributed by atoms with Gasteiger partial charge in [0.2, 0.25) is 5.91 Å². The molecule has 1 aliphatic heterocycles. The summed E-state index contributed by atoms with van der Waals surface area (Å²) in [6.07, 6.45) is 1.24. The van der Waals surface area contributed by atoms with Crippen molar-refractivity contribution in [3.05, 3.63) is 52.4 Å². The lowest BCUT2D eigenvalue weighted by atomic mass is 10.1. The predicted octanol–water partition coefficient (Wildman–Crippen LogP) is 2.88. The molecule has 5 nitrogen and oxygen atoms in total. The number of aromatic nitrogens is 1. The van der Waals surface area contributed by atoms with Gasteiger partial charge in [0.25, 0.3) is 0 Å². The van der Waals surface area contributed by atoms with Gasteiger partial charge in [-0.15, -0.1) is 0 Å². The number of benzene rings is 1. The summed E-state index contributed by atoms with van der Waals surface area (Å²) in [5.74, 6) is 1.06. The molecule has 0 radical (unpaired) electrons. The molecule has 0 aliphatic carbocycles. The number of hydrogen-bond acceptors (Lipinski definition) is 4. The normalized spacial score (nSPS) is 15.6. The van der Waals surface area contributed by atoms with Crippen LogP contribution in [0.5, 0.6) is 0 Å². The molecule has 25 heavy (non-hydrogen) atoms. The fourth-order valence-electron chi connectivity index (χ4n) is 3.43. The number of nitrogens with zero attached hydrogens (tertiary/aromatic N) is 3. The fraction of sp³-hybridized carbons (Fsp3) is 0.500. The minimum Gasteiger partial charge on any atom is -0.361 e. The lowest BCUT2D eigenvalue weighted by Crippen LogP contribution is -2.48. The number of aryl methyl sites for hydroxylation is 3. The average molecular weight is 341 g/mol. The molecule has 5 heteroatoms. The van der Waals surface area contributed by atoms with Crippen LogP contribution in [0.4, 0.5) is 0 Å². The first-order chi connectivity index (χ1) is 12.0. The van der Waals surface area contributed by atoms with Crippen LogP contribution in [0, 0.1) is 20.8 Å². The van der Waals surface area contributed by atoms with E-state index >= 15 is 0 Å². The Bertz CT molecular complexity index is 711. The monoisotopic (exact) mass is 341 g/mol. The van der Waals surface area contributed by atoms with Crippen molar-refractivity contribution in [1.82, 2.24) is 15.0 Å². The van der Waals surface area contributed by atoms with Gasteiger partial charge in [-0.05, 0) is 38.3 Å². The van der Waals surface area contributed by atoms with Crippen molar-refractivity contribution in [3.63, 3.8) is 0 Å². The molecule has 1 fully saturated rings. The maximum absolute atomic E-state index is 12.5. The average Bonchev–Trinajstić information content (AvgIpc) is 2.93. The Morgan fingerprint density at radius 2 is 1.84 bits per heavy atom. The first-order valence-electron chi connectivity index (χ1n) is 9.01. The Kier molecular flexibility index (Phi) is 5.53. The third kappa shape index (κ3) is 4.28. The molecule has 3 rings (SSSR count). The van der Waals surface area contributed by atoms with E-state index in [0.717, 1.165) is 49.7 Å². The zero-order valence-electron chi connectivity index (χ0n) is 15.4. The molecule has 0 atom stereocenters. The zero-order valence-corrected chi connectivity index (χ0v) is 15.4. The molecule has 0 N–H and O–H groups in total. The highest BCUT2D eigenvalue weighted by atomic mass is 16.5. The molecule has 1 amide bonds. The largest absolute Gasteiger partial charge is 0.361 e. The van der Waals surface area contributed by atoms with Gasteiger partial charge in [0.15, 0.2) is 0 Å². The van der Waals surface area contributed by atoms with Gasteiger partial charge in [0.05, 0.1) is 5.69 Å². The first kappa shape index (κ1) is 17.7. The second-order valence-electron chi connectivity index (χ2n) is 6.89. The fourth-order valence-corrected chi connectivity index (χ4v) is 3.43. The molecule has 134 valence electrons.